The molecule has 136 valence electrons. The van der Waals surface area contributed by atoms with E-state index in [1.54, 1.807) is 12.1 Å². The first-order chi connectivity index (χ1) is 12.2. The van der Waals surface area contributed by atoms with Gasteiger partial charge >= 0.3 is 11.9 Å². The van der Waals surface area contributed by atoms with Crippen LogP contribution in [0.4, 0.5) is 5.69 Å². The quantitative estimate of drug-likeness (QED) is 0.347. The average Bonchev–Trinajstić information content (AvgIpc) is 2.59. The number of esters is 2. The molecule has 0 aliphatic heterocycles. The number of rotatable bonds is 5. The van der Waals surface area contributed by atoms with Crippen molar-refractivity contribution in [1.82, 2.24) is 0 Å². The Morgan fingerprint density at radius 2 is 1.50 bits per heavy atom. The van der Waals surface area contributed by atoms with Gasteiger partial charge < -0.3 is 9.47 Å². The number of non-ortho nitro benzene ring substituents is 1. The van der Waals surface area contributed by atoms with E-state index in [0.717, 1.165) is 0 Å². The summed E-state index contributed by atoms with van der Waals surface area (Å²) in [5.74, 6) is -1.23. The molecule has 0 unspecified atom stereocenters. The fourth-order valence-electron chi connectivity index (χ4n) is 2.00. The van der Waals surface area contributed by atoms with Crippen molar-refractivity contribution < 1.29 is 24.0 Å². The van der Waals surface area contributed by atoms with Gasteiger partial charge in [0.1, 0.15) is 5.75 Å². The zero-order valence-corrected chi connectivity index (χ0v) is 14.7. The van der Waals surface area contributed by atoms with E-state index >= 15 is 0 Å². The minimum atomic E-state index is -0.748. The number of carbonyl (C=O) groups excluding carboxylic acids is 2. The van der Waals surface area contributed by atoms with Crippen molar-refractivity contribution in [2.45, 2.75) is 20.8 Å². The van der Waals surface area contributed by atoms with Crippen molar-refractivity contribution in [3.05, 3.63) is 69.8 Å². The first-order valence-corrected chi connectivity index (χ1v) is 7.90. The Hall–Kier alpha value is -3.22. The summed E-state index contributed by atoms with van der Waals surface area (Å²) in [6, 6.07) is 11.3. The maximum Gasteiger partial charge on any atom is 0.344 e. The molecule has 7 heteroatoms. The highest BCUT2D eigenvalue weighted by Gasteiger charge is 2.21. The lowest BCUT2D eigenvalue weighted by Crippen LogP contribution is -2.21. The van der Waals surface area contributed by atoms with Crippen molar-refractivity contribution >= 4 is 17.6 Å². The maximum atomic E-state index is 12.4. The molecule has 26 heavy (non-hydrogen) atoms. The minimum absolute atomic E-state index is 0.0600. The van der Waals surface area contributed by atoms with E-state index in [-0.39, 0.29) is 34.6 Å². The Labute approximate surface area is 150 Å². The second-order valence-electron chi connectivity index (χ2n) is 6.82. The largest absolute Gasteiger partial charge is 0.462 e. The minimum Gasteiger partial charge on any atom is -0.462 e. The molecule has 0 aliphatic rings. The molecule has 0 saturated carbocycles. The summed E-state index contributed by atoms with van der Waals surface area (Å²) in [7, 11) is 0. The van der Waals surface area contributed by atoms with Gasteiger partial charge in [-0.2, -0.15) is 0 Å². The molecular formula is C19H19NO6. The molecule has 0 heterocycles. The maximum absolute atomic E-state index is 12.4. The van der Waals surface area contributed by atoms with Crippen molar-refractivity contribution in [2.24, 2.45) is 5.41 Å². The smallest absolute Gasteiger partial charge is 0.344 e. The number of nitro benzene ring substituents is 1. The number of hydrogen-bond donors (Lipinski definition) is 0. The molecule has 0 fully saturated rings. The van der Waals surface area contributed by atoms with E-state index in [2.05, 4.69) is 0 Å². The zero-order chi connectivity index (χ0) is 19.3. The number of ether oxygens (including phenoxy) is 2. The monoisotopic (exact) mass is 357 g/mol. The van der Waals surface area contributed by atoms with Crippen LogP contribution in [0.2, 0.25) is 0 Å². The molecule has 0 saturated heterocycles. The van der Waals surface area contributed by atoms with E-state index in [1.165, 1.54) is 36.4 Å². The second-order valence-corrected chi connectivity index (χ2v) is 6.82. The summed E-state index contributed by atoms with van der Waals surface area (Å²) < 4.78 is 10.5. The van der Waals surface area contributed by atoms with Crippen LogP contribution >= 0.6 is 0 Å². The average molecular weight is 357 g/mol. The Morgan fingerprint density at radius 3 is 2.00 bits per heavy atom. The molecule has 0 aromatic heterocycles. The third kappa shape index (κ3) is 5.14. The lowest BCUT2D eigenvalue weighted by Gasteiger charge is -2.18. The molecule has 0 bridgehead atoms. The van der Waals surface area contributed by atoms with Gasteiger partial charge in [0.15, 0.2) is 0 Å². The van der Waals surface area contributed by atoms with Crippen LogP contribution in [0.3, 0.4) is 0 Å². The SMILES string of the molecule is CC(C)(C)COC(=O)c1ccccc1C(=O)Oc1ccc([N+](=O)[O-])cc1. The van der Waals surface area contributed by atoms with Crippen LogP contribution in [-0.4, -0.2) is 23.5 Å². The van der Waals surface area contributed by atoms with Gasteiger partial charge in [-0.25, -0.2) is 9.59 Å². The molecule has 0 radical (unpaired) electrons. The second kappa shape index (κ2) is 7.77. The number of nitro groups is 1. The van der Waals surface area contributed by atoms with Gasteiger partial charge in [0.05, 0.1) is 22.7 Å². The summed E-state index contributed by atoms with van der Waals surface area (Å²) in [6.07, 6.45) is 0. The van der Waals surface area contributed by atoms with Gasteiger partial charge in [0, 0.05) is 12.1 Å². The highest BCUT2D eigenvalue weighted by atomic mass is 16.6. The standard InChI is InChI=1S/C19H19NO6/c1-19(2,3)12-25-17(21)15-6-4-5-7-16(15)18(22)26-14-10-8-13(9-11-14)20(23)24/h4-11H,12H2,1-3H3. The van der Waals surface area contributed by atoms with Crippen LogP contribution in [0, 0.1) is 15.5 Å². The van der Waals surface area contributed by atoms with E-state index in [0.29, 0.717) is 0 Å². The number of hydrogen-bond acceptors (Lipinski definition) is 6. The Morgan fingerprint density at radius 1 is 0.962 bits per heavy atom. The first-order valence-electron chi connectivity index (χ1n) is 7.90. The summed E-state index contributed by atoms with van der Waals surface area (Å²) in [6.45, 7) is 5.98. The van der Waals surface area contributed by atoms with Crippen molar-refractivity contribution in [3.63, 3.8) is 0 Å². The number of carbonyl (C=O) groups is 2. The third-order valence-electron chi connectivity index (χ3n) is 3.26. The highest BCUT2D eigenvalue weighted by Crippen LogP contribution is 2.20. The topological polar surface area (TPSA) is 95.7 Å². The lowest BCUT2D eigenvalue weighted by molar-refractivity contribution is -0.384. The van der Waals surface area contributed by atoms with Gasteiger partial charge in [0.25, 0.3) is 5.69 Å². The molecular weight excluding hydrogens is 338 g/mol. The molecule has 2 aromatic rings. The van der Waals surface area contributed by atoms with Gasteiger partial charge in [-0.05, 0) is 29.7 Å². The summed E-state index contributed by atoms with van der Waals surface area (Å²) in [5, 5.41) is 10.7. The molecule has 2 aromatic carbocycles. The lowest BCUT2D eigenvalue weighted by atomic mass is 9.98. The fraction of sp³-hybridized carbons (Fsp3) is 0.263. The van der Waals surface area contributed by atoms with E-state index < -0.39 is 16.9 Å². The molecule has 0 spiro atoms. The predicted octanol–water partition coefficient (Wildman–Crippen LogP) is 4.02. The van der Waals surface area contributed by atoms with Crippen LogP contribution in [0.5, 0.6) is 5.75 Å². The van der Waals surface area contributed by atoms with Crippen LogP contribution in [0.1, 0.15) is 41.5 Å². The summed E-state index contributed by atoms with van der Waals surface area (Å²) in [4.78, 5) is 34.8. The van der Waals surface area contributed by atoms with E-state index in [9.17, 15) is 19.7 Å². The normalized spacial score (nSPS) is 10.9. The molecule has 0 atom stereocenters. The van der Waals surface area contributed by atoms with E-state index in [4.69, 9.17) is 9.47 Å². The number of nitrogens with zero attached hydrogens (tertiary/aromatic N) is 1. The van der Waals surface area contributed by atoms with Gasteiger partial charge in [-0.15, -0.1) is 0 Å². The summed E-state index contributed by atoms with van der Waals surface area (Å²) in [5.41, 5.74) is -0.159. The number of benzene rings is 2. The zero-order valence-electron chi connectivity index (χ0n) is 14.7. The van der Waals surface area contributed by atoms with Crippen LogP contribution < -0.4 is 4.74 Å². The Kier molecular flexibility index (Phi) is 5.71. The predicted molar refractivity (Wildman–Crippen MR) is 94.2 cm³/mol. The Bertz CT molecular complexity index is 821. The van der Waals surface area contributed by atoms with Crippen molar-refractivity contribution in [2.75, 3.05) is 6.61 Å². The molecule has 0 N–H and O–H groups in total. The van der Waals surface area contributed by atoms with Crippen molar-refractivity contribution in [3.8, 4) is 5.75 Å². The van der Waals surface area contributed by atoms with Crippen molar-refractivity contribution in [1.29, 1.82) is 0 Å². The highest BCUT2D eigenvalue weighted by molar-refractivity contribution is 6.03. The molecule has 0 amide bonds. The molecule has 2 rings (SSSR count). The third-order valence-corrected chi connectivity index (χ3v) is 3.26. The van der Waals surface area contributed by atoms with Gasteiger partial charge in [-0.3, -0.25) is 10.1 Å². The van der Waals surface area contributed by atoms with E-state index in [1.807, 2.05) is 20.8 Å². The summed E-state index contributed by atoms with van der Waals surface area (Å²) >= 11 is 0. The fourth-order valence-corrected chi connectivity index (χ4v) is 2.00. The van der Waals surface area contributed by atoms with Gasteiger partial charge in [-0.1, -0.05) is 32.9 Å². The van der Waals surface area contributed by atoms with Crippen LogP contribution in [-0.2, 0) is 4.74 Å². The molecule has 0 aliphatic carbocycles. The first kappa shape index (κ1) is 19.1. The van der Waals surface area contributed by atoms with Gasteiger partial charge in [0.2, 0.25) is 0 Å². The van der Waals surface area contributed by atoms with Crippen LogP contribution in [0.15, 0.2) is 48.5 Å². The Balaban J connectivity index is 2.16. The van der Waals surface area contributed by atoms with Crippen LogP contribution in [0.25, 0.3) is 0 Å². The molecule has 7 nitrogen and oxygen atoms in total.